The van der Waals surface area contributed by atoms with Gasteiger partial charge in [0.15, 0.2) is 5.78 Å². The molecule has 2 unspecified atom stereocenters. The van der Waals surface area contributed by atoms with E-state index < -0.39 is 18.1 Å². The van der Waals surface area contributed by atoms with E-state index in [1.165, 1.54) is 24.9 Å². The molecule has 1 amide bonds. The van der Waals surface area contributed by atoms with Gasteiger partial charge in [-0.25, -0.2) is 0 Å². The number of rotatable bonds is 11. The molecule has 0 radical (unpaired) electrons. The van der Waals surface area contributed by atoms with Crippen LogP contribution >= 0.6 is 0 Å². The van der Waals surface area contributed by atoms with Gasteiger partial charge in [0.2, 0.25) is 5.91 Å². The number of carboxylic acid groups (broad SMARTS) is 1. The summed E-state index contributed by atoms with van der Waals surface area (Å²) in [6.07, 6.45) is 1.56. The van der Waals surface area contributed by atoms with Crippen molar-refractivity contribution in [3.63, 3.8) is 0 Å². The van der Waals surface area contributed by atoms with Gasteiger partial charge in [-0.3, -0.25) is 14.4 Å². The second kappa shape index (κ2) is 10.6. The lowest BCUT2D eigenvalue weighted by Crippen LogP contribution is -2.44. The number of Topliss-reactive ketones (excluding diaryl/α,β-unsaturated/α-hetero) is 1. The Kier molecular flexibility index (Phi) is 9.60. The number of likely N-dealkylation sites (N-methyl/N-ethyl adjacent to an activating group) is 1. The average Bonchev–Trinajstić information content (AvgIpc) is 2.53. The fourth-order valence-electron chi connectivity index (χ4n) is 2.06. The van der Waals surface area contributed by atoms with E-state index in [0.717, 1.165) is 0 Å². The maximum atomic E-state index is 12.4. The third kappa shape index (κ3) is 7.38. The first-order valence-electron chi connectivity index (χ1n) is 7.63. The van der Waals surface area contributed by atoms with Crippen LogP contribution in [0, 0.1) is 0 Å². The number of hydrogen-bond acceptors (Lipinski definition) is 6. The number of aliphatic hydroxyl groups excluding tert-OH is 1. The van der Waals surface area contributed by atoms with Crippen LogP contribution in [0.1, 0.15) is 32.6 Å². The van der Waals surface area contributed by atoms with E-state index in [-0.39, 0.29) is 55.3 Å². The van der Waals surface area contributed by atoms with Crippen molar-refractivity contribution in [3.8, 4) is 0 Å². The number of ketones is 1. The Morgan fingerprint density at radius 1 is 1.25 bits per heavy atom. The summed E-state index contributed by atoms with van der Waals surface area (Å²) in [5.74, 6) is -1.90. The summed E-state index contributed by atoms with van der Waals surface area (Å²) in [4.78, 5) is 36.6. The molecule has 0 rings (SSSR count). The number of aliphatic carboxylic acids is 1. The van der Waals surface area contributed by atoms with Crippen molar-refractivity contribution in [1.82, 2.24) is 4.90 Å². The Bertz CT molecular complexity index is 516. The molecular weight excluding hydrogens is 314 g/mol. The Labute approximate surface area is 141 Å². The van der Waals surface area contributed by atoms with Crippen LogP contribution in [0.25, 0.3) is 0 Å². The van der Waals surface area contributed by atoms with Gasteiger partial charge in [-0.2, -0.15) is 0 Å². The molecule has 0 aliphatic carbocycles. The zero-order chi connectivity index (χ0) is 18.9. The lowest BCUT2D eigenvalue weighted by molar-refractivity contribution is -0.137. The Morgan fingerprint density at radius 3 is 2.29 bits per heavy atom. The van der Waals surface area contributed by atoms with Crippen LogP contribution < -0.4 is 11.5 Å². The van der Waals surface area contributed by atoms with Gasteiger partial charge in [0.05, 0.1) is 18.5 Å². The van der Waals surface area contributed by atoms with Crippen molar-refractivity contribution in [2.45, 2.75) is 44.7 Å². The first-order valence-corrected chi connectivity index (χ1v) is 7.63. The van der Waals surface area contributed by atoms with Crippen LogP contribution in [0.5, 0.6) is 0 Å². The van der Waals surface area contributed by atoms with E-state index in [9.17, 15) is 14.4 Å². The van der Waals surface area contributed by atoms with E-state index >= 15 is 0 Å². The number of nitrogens with zero attached hydrogens (tertiary/aromatic N) is 1. The molecule has 0 saturated heterocycles. The van der Waals surface area contributed by atoms with Crippen LogP contribution in [0.2, 0.25) is 0 Å². The molecule has 0 saturated carbocycles. The Morgan fingerprint density at radius 2 is 1.83 bits per heavy atom. The Hall–Kier alpha value is -2.19. The topological polar surface area (TPSA) is 147 Å². The minimum Gasteiger partial charge on any atom is -0.511 e. The van der Waals surface area contributed by atoms with Gasteiger partial charge in [-0.15, -0.1) is 0 Å². The zero-order valence-corrected chi connectivity index (χ0v) is 14.2. The summed E-state index contributed by atoms with van der Waals surface area (Å²) in [6, 6.07) is -1.47. The number of carbonyl (C=O) groups is 3. The lowest BCUT2D eigenvalue weighted by atomic mass is 9.99. The number of amides is 1. The summed E-state index contributed by atoms with van der Waals surface area (Å²) >= 11 is 0. The predicted molar refractivity (Wildman–Crippen MR) is 90.2 cm³/mol. The number of hydrogen-bond donors (Lipinski definition) is 4. The van der Waals surface area contributed by atoms with Crippen molar-refractivity contribution < 1.29 is 24.6 Å². The van der Waals surface area contributed by atoms with E-state index in [1.807, 2.05) is 0 Å². The highest BCUT2D eigenvalue weighted by Gasteiger charge is 2.27. The number of carboxylic acids is 1. The van der Waals surface area contributed by atoms with Crippen LogP contribution in [-0.2, 0) is 14.4 Å². The standard InChI is InChI=1S/C16H27N3O5/c1-10(4-7-15(22)23)16(24)13(8-9-17)19(3)14(21)6-5-12(18)11(2)20/h4,12-13,20H,2,5-9,17-18H2,1,3H3,(H,22,23)/b10-4+. The van der Waals surface area contributed by atoms with Crippen LogP contribution in [0.4, 0.5) is 0 Å². The molecule has 0 aromatic carbocycles. The van der Waals surface area contributed by atoms with Crippen LogP contribution in [-0.4, -0.2) is 58.4 Å². The third-order valence-corrected chi connectivity index (χ3v) is 3.67. The molecule has 6 N–H and O–H groups in total. The highest BCUT2D eigenvalue weighted by molar-refractivity contribution is 6.01. The SMILES string of the molecule is C=C(O)C(N)CCC(=O)N(C)C(CCN)C(=O)/C(C)=C/CC(=O)O. The van der Waals surface area contributed by atoms with Crippen LogP contribution in [0.15, 0.2) is 24.0 Å². The summed E-state index contributed by atoms with van der Waals surface area (Å²) in [6.45, 7) is 5.02. The minimum atomic E-state index is -1.04. The summed E-state index contributed by atoms with van der Waals surface area (Å²) < 4.78 is 0. The van der Waals surface area contributed by atoms with Gasteiger partial charge >= 0.3 is 5.97 Å². The quantitative estimate of drug-likeness (QED) is 0.313. The highest BCUT2D eigenvalue weighted by atomic mass is 16.4. The summed E-state index contributed by atoms with van der Waals surface area (Å²) in [5, 5.41) is 17.8. The van der Waals surface area contributed by atoms with Gasteiger partial charge in [0, 0.05) is 13.5 Å². The van der Waals surface area contributed by atoms with E-state index in [4.69, 9.17) is 21.7 Å². The molecule has 0 heterocycles. The fraction of sp³-hybridized carbons (Fsp3) is 0.562. The monoisotopic (exact) mass is 341 g/mol. The van der Waals surface area contributed by atoms with Gasteiger partial charge in [-0.1, -0.05) is 12.7 Å². The summed E-state index contributed by atoms with van der Waals surface area (Å²) in [5.41, 5.74) is 11.4. The molecule has 136 valence electrons. The van der Waals surface area contributed by atoms with Crippen molar-refractivity contribution in [3.05, 3.63) is 24.0 Å². The third-order valence-electron chi connectivity index (χ3n) is 3.67. The van der Waals surface area contributed by atoms with E-state index in [1.54, 1.807) is 0 Å². The Balaban J connectivity index is 4.98. The normalized spacial score (nSPS) is 13.9. The van der Waals surface area contributed by atoms with E-state index in [0.29, 0.717) is 0 Å². The molecule has 0 aromatic rings. The second-order valence-corrected chi connectivity index (χ2v) is 5.58. The largest absolute Gasteiger partial charge is 0.511 e. The molecule has 8 nitrogen and oxygen atoms in total. The second-order valence-electron chi connectivity index (χ2n) is 5.58. The molecular formula is C16H27N3O5. The maximum Gasteiger partial charge on any atom is 0.307 e. The number of nitrogens with two attached hydrogens (primary N) is 2. The van der Waals surface area contributed by atoms with Gasteiger partial charge in [-0.05, 0) is 31.9 Å². The maximum absolute atomic E-state index is 12.4. The van der Waals surface area contributed by atoms with Crippen molar-refractivity contribution in [2.24, 2.45) is 11.5 Å². The first kappa shape index (κ1) is 21.8. The molecule has 0 aliphatic rings. The zero-order valence-electron chi connectivity index (χ0n) is 14.2. The van der Waals surface area contributed by atoms with Gasteiger partial charge < -0.3 is 26.6 Å². The van der Waals surface area contributed by atoms with Crippen molar-refractivity contribution in [2.75, 3.05) is 13.6 Å². The van der Waals surface area contributed by atoms with Gasteiger partial charge in [0.25, 0.3) is 0 Å². The van der Waals surface area contributed by atoms with Crippen LogP contribution in [0.3, 0.4) is 0 Å². The van der Waals surface area contributed by atoms with Crippen molar-refractivity contribution in [1.29, 1.82) is 0 Å². The number of aliphatic hydroxyl groups is 1. The predicted octanol–water partition coefficient (Wildman–Crippen LogP) is 0.332. The van der Waals surface area contributed by atoms with Gasteiger partial charge in [0.1, 0.15) is 5.76 Å². The smallest absolute Gasteiger partial charge is 0.307 e. The molecule has 2 atom stereocenters. The lowest BCUT2D eigenvalue weighted by Gasteiger charge is -2.27. The summed E-state index contributed by atoms with van der Waals surface area (Å²) in [7, 11) is 1.49. The highest BCUT2D eigenvalue weighted by Crippen LogP contribution is 2.13. The average molecular weight is 341 g/mol. The molecule has 24 heavy (non-hydrogen) atoms. The minimum absolute atomic E-state index is 0.0451. The molecule has 0 spiro atoms. The number of carbonyl (C=O) groups excluding carboxylic acids is 2. The van der Waals surface area contributed by atoms with Crippen molar-refractivity contribution >= 4 is 17.7 Å². The molecule has 8 heteroatoms. The van der Waals surface area contributed by atoms with E-state index in [2.05, 4.69) is 6.58 Å². The fourth-order valence-corrected chi connectivity index (χ4v) is 2.06. The molecule has 0 aliphatic heterocycles. The molecule has 0 bridgehead atoms. The molecule has 0 aromatic heterocycles. The first-order chi connectivity index (χ1) is 11.1. The molecule has 0 fully saturated rings.